The van der Waals surface area contributed by atoms with Gasteiger partial charge in [0, 0.05) is 31.4 Å². The molecule has 0 N–H and O–H groups in total. The Labute approximate surface area is 96.2 Å². The zero-order valence-corrected chi connectivity index (χ0v) is 10.3. The van der Waals surface area contributed by atoms with E-state index in [-0.39, 0.29) is 5.91 Å². The molecule has 4 nitrogen and oxygen atoms in total. The Kier molecular flexibility index (Phi) is 2.99. The van der Waals surface area contributed by atoms with Gasteiger partial charge < -0.3 is 4.90 Å². The number of rotatable bonds is 3. The predicted molar refractivity (Wildman–Crippen MR) is 62.5 cm³/mol. The van der Waals surface area contributed by atoms with Crippen LogP contribution < -0.4 is 0 Å². The fourth-order valence-corrected chi connectivity index (χ4v) is 2.44. The van der Waals surface area contributed by atoms with Gasteiger partial charge in [0.2, 0.25) is 0 Å². The van der Waals surface area contributed by atoms with Gasteiger partial charge in [0.15, 0.2) is 5.69 Å². The van der Waals surface area contributed by atoms with Crippen LogP contribution in [-0.2, 0) is 19.9 Å². The molecule has 0 spiro atoms. The summed E-state index contributed by atoms with van der Waals surface area (Å²) in [5.74, 6) is 0.0868. The summed E-state index contributed by atoms with van der Waals surface area (Å²) in [5.41, 5.74) is 3.11. The first-order valence-electron chi connectivity index (χ1n) is 6.03. The lowest BCUT2D eigenvalue weighted by atomic mass is 10.2. The van der Waals surface area contributed by atoms with Crippen LogP contribution in [0.25, 0.3) is 0 Å². The minimum atomic E-state index is 0.0868. The van der Waals surface area contributed by atoms with Crippen LogP contribution in [0.15, 0.2) is 0 Å². The number of carbonyl (C=O) groups excluding carboxylic acids is 1. The molecule has 88 valence electrons. The van der Waals surface area contributed by atoms with Gasteiger partial charge in [-0.05, 0) is 33.1 Å². The summed E-state index contributed by atoms with van der Waals surface area (Å²) < 4.78 is 1.87. The Balaban J connectivity index is 2.34. The highest BCUT2D eigenvalue weighted by Gasteiger charge is 2.26. The van der Waals surface area contributed by atoms with Gasteiger partial charge in [-0.1, -0.05) is 0 Å². The van der Waals surface area contributed by atoms with Crippen LogP contribution in [0.3, 0.4) is 0 Å². The molecule has 0 bridgehead atoms. The molecule has 1 heterocycles. The van der Waals surface area contributed by atoms with Crippen LogP contribution in [0.5, 0.6) is 0 Å². The molecular weight excluding hydrogens is 202 g/mol. The van der Waals surface area contributed by atoms with Gasteiger partial charge in [-0.2, -0.15) is 5.10 Å². The van der Waals surface area contributed by atoms with Crippen molar-refractivity contribution in [2.75, 3.05) is 13.1 Å². The number of hydrogen-bond donors (Lipinski definition) is 0. The van der Waals surface area contributed by atoms with Crippen molar-refractivity contribution in [1.82, 2.24) is 14.7 Å². The molecule has 1 aromatic rings. The first kappa shape index (κ1) is 11.2. The minimum Gasteiger partial charge on any atom is -0.338 e. The fraction of sp³-hybridized carbons (Fsp3) is 0.667. The quantitative estimate of drug-likeness (QED) is 0.773. The molecule has 0 aliphatic heterocycles. The molecule has 0 atom stereocenters. The zero-order chi connectivity index (χ0) is 11.7. The number of amides is 1. The van der Waals surface area contributed by atoms with E-state index in [0.29, 0.717) is 5.69 Å². The summed E-state index contributed by atoms with van der Waals surface area (Å²) in [6, 6.07) is 0. The van der Waals surface area contributed by atoms with Gasteiger partial charge in [0.25, 0.3) is 5.91 Å². The fourth-order valence-electron chi connectivity index (χ4n) is 2.44. The number of nitrogens with zero attached hydrogens (tertiary/aromatic N) is 3. The van der Waals surface area contributed by atoms with Crippen LogP contribution in [0.4, 0.5) is 0 Å². The third-order valence-electron chi connectivity index (χ3n) is 3.37. The first-order valence-corrected chi connectivity index (χ1v) is 6.03. The largest absolute Gasteiger partial charge is 0.338 e. The van der Waals surface area contributed by atoms with E-state index in [1.54, 1.807) is 0 Å². The third-order valence-corrected chi connectivity index (χ3v) is 3.37. The highest BCUT2D eigenvalue weighted by Crippen LogP contribution is 2.25. The van der Waals surface area contributed by atoms with E-state index in [9.17, 15) is 4.79 Å². The molecule has 0 aromatic carbocycles. The van der Waals surface area contributed by atoms with Gasteiger partial charge in [-0.3, -0.25) is 9.48 Å². The van der Waals surface area contributed by atoms with Crippen LogP contribution in [-0.4, -0.2) is 33.7 Å². The lowest BCUT2D eigenvalue weighted by Crippen LogP contribution is -2.31. The Hall–Kier alpha value is -1.32. The van der Waals surface area contributed by atoms with Crippen molar-refractivity contribution in [2.24, 2.45) is 7.05 Å². The van der Waals surface area contributed by atoms with Crippen molar-refractivity contribution in [3.05, 3.63) is 17.0 Å². The summed E-state index contributed by atoms with van der Waals surface area (Å²) in [7, 11) is 1.93. The van der Waals surface area contributed by atoms with Crippen molar-refractivity contribution >= 4 is 5.91 Å². The topological polar surface area (TPSA) is 38.1 Å². The Bertz CT molecular complexity index is 405. The van der Waals surface area contributed by atoms with E-state index in [1.165, 1.54) is 11.3 Å². The van der Waals surface area contributed by atoms with Gasteiger partial charge in [0.05, 0.1) is 0 Å². The van der Waals surface area contributed by atoms with Crippen molar-refractivity contribution < 1.29 is 4.79 Å². The second-order valence-corrected chi connectivity index (χ2v) is 4.23. The van der Waals surface area contributed by atoms with Crippen LogP contribution in [0.1, 0.15) is 42.0 Å². The van der Waals surface area contributed by atoms with Crippen molar-refractivity contribution in [3.8, 4) is 0 Å². The molecule has 0 radical (unpaired) electrons. The average molecular weight is 221 g/mol. The van der Waals surface area contributed by atoms with Crippen LogP contribution >= 0.6 is 0 Å². The van der Waals surface area contributed by atoms with Gasteiger partial charge in [-0.25, -0.2) is 0 Å². The Morgan fingerprint density at radius 2 is 2.06 bits per heavy atom. The maximum absolute atomic E-state index is 12.2. The van der Waals surface area contributed by atoms with E-state index in [2.05, 4.69) is 5.10 Å². The molecule has 0 unspecified atom stereocenters. The predicted octanol–water partition coefficient (Wildman–Crippen LogP) is 1.39. The first-order chi connectivity index (χ1) is 7.69. The number of aryl methyl sites for hydroxylation is 1. The van der Waals surface area contributed by atoms with Crippen molar-refractivity contribution in [1.29, 1.82) is 0 Å². The lowest BCUT2D eigenvalue weighted by molar-refractivity contribution is 0.0765. The lowest BCUT2D eigenvalue weighted by Gasteiger charge is -2.17. The van der Waals surface area contributed by atoms with E-state index in [0.717, 1.165) is 32.4 Å². The molecule has 1 aliphatic carbocycles. The molecule has 1 amide bonds. The molecule has 4 heteroatoms. The van der Waals surface area contributed by atoms with E-state index in [4.69, 9.17) is 0 Å². The highest BCUT2D eigenvalue weighted by atomic mass is 16.2. The third kappa shape index (κ3) is 1.62. The standard InChI is InChI=1S/C12H19N3O/c1-4-15(5-2)12(16)11-9-7-6-8-10(9)14(3)13-11/h4-8H2,1-3H3. The monoisotopic (exact) mass is 221 g/mol. The zero-order valence-electron chi connectivity index (χ0n) is 10.3. The molecule has 0 saturated carbocycles. The molecular formula is C12H19N3O. The minimum absolute atomic E-state index is 0.0868. The Morgan fingerprint density at radius 1 is 1.38 bits per heavy atom. The Morgan fingerprint density at radius 3 is 2.69 bits per heavy atom. The maximum atomic E-state index is 12.2. The summed E-state index contributed by atoms with van der Waals surface area (Å²) >= 11 is 0. The average Bonchev–Trinajstić information content (AvgIpc) is 2.84. The molecule has 1 aliphatic rings. The molecule has 1 aromatic heterocycles. The molecule has 2 rings (SSSR count). The smallest absolute Gasteiger partial charge is 0.274 e. The van der Waals surface area contributed by atoms with Crippen molar-refractivity contribution in [2.45, 2.75) is 33.1 Å². The van der Waals surface area contributed by atoms with Crippen molar-refractivity contribution in [3.63, 3.8) is 0 Å². The summed E-state index contributed by atoms with van der Waals surface area (Å²) in [6.45, 7) is 5.51. The summed E-state index contributed by atoms with van der Waals surface area (Å²) in [4.78, 5) is 14.1. The highest BCUT2D eigenvalue weighted by molar-refractivity contribution is 5.94. The second kappa shape index (κ2) is 4.28. The summed E-state index contributed by atoms with van der Waals surface area (Å²) in [6.07, 6.45) is 3.22. The van der Waals surface area contributed by atoms with Gasteiger partial charge in [-0.15, -0.1) is 0 Å². The van der Waals surface area contributed by atoms with Crippen LogP contribution in [0, 0.1) is 0 Å². The number of fused-ring (bicyclic) bond motifs is 1. The van der Waals surface area contributed by atoms with Gasteiger partial charge >= 0.3 is 0 Å². The number of aromatic nitrogens is 2. The SMILES string of the molecule is CCN(CC)C(=O)c1nn(C)c2c1CCC2. The van der Waals surface area contributed by atoms with Gasteiger partial charge in [0.1, 0.15) is 0 Å². The molecule has 16 heavy (non-hydrogen) atoms. The van der Waals surface area contributed by atoms with E-state index in [1.807, 2.05) is 30.5 Å². The number of hydrogen-bond acceptors (Lipinski definition) is 2. The van der Waals surface area contributed by atoms with Crippen LogP contribution in [0.2, 0.25) is 0 Å². The van der Waals surface area contributed by atoms with E-state index < -0.39 is 0 Å². The maximum Gasteiger partial charge on any atom is 0.274 e. The normalized spacial score (nSPS) is 13.9. The summed E-state index contributed by atoms with van der Waals surface area (Å²) in [5, 5.41) is 4.37. The number of carbonyl (C=O) groups is 1. The molecule has 0 fully saturated rings. The molecule has 0 saturated heterocycles. The second-order valence-electron chi connectivity index (χ2n) is 4.23. The van der Waals surface area contributed by atoms with E-state index >= 15 is 0 Å².